The molecule has 1 saturated heterocycles. The van der Waals surface area contributed by atoms with Crippen molar-refractivity contribution in [3.05, 3.63) is 35.9 Å². The molecule has 1 fully saturated rings. The summed E-state index contributed by atoms with van der Waals surface area (Å²) in [6.07, 6.45) is 2.20. The van der Waals surface area contributed by atoms with Crippen LogP contribution in [0.1, 0.15) is 24.5 Å². The molecule has 18 heavy (non-hydrogen) atoms. The van der Waals surface area contributed by atoms with Crippen LogP contribution >= 0.6 is 0 Å². The lowest BCUT2D eigenvalue weighted by molar-refractivity contribution is 0.115. The van der Waals surface area contributed by atoms with Crippen molar-refractivity contribution in [3.63, 3.8) is 0 Å². The van der Waals surface area contributed by atoms with E-state index in [-0.39, 0.29) is 6.10 Å². The van der Waals surface area contributed by atoms with E-state index in [1.54, 1.807) is 0 Å². The average Bonchev–Trinajstić information content (AvgIpc) is 2.40. The Labute approximate surface area is 110 Å². The molecule has 2 N–H and O–H groups in total. The summed E-state index contributed by atoms with van der Waals surface area (Å²) in [6.45, 7) is 4.05. The number of piperidine rings is 1. The minimum Gasteiger partial charge on any atom is -0.387 e. The van der Waals surface area contributed by atoms with Gasteiger partial charge in [0, 0.05) is 13.1 Å². The van der Waals surface area contributed by atoms with Crippen LogP contribution in [0.2, 0.25) is 0 Å². The molecular weight excluding hydrogens is 224 g/mol. The summed E-state index contributed by atoms with van der Waals surface area (Å²) in [5.41, 5.74) is 1.01. The van der Waals surface area contributed by atoms with Crippen LogP contribution in [0.5, 0.6) is 0 Å². The van der Waals surface area contributed by atoms with E-state index in [0.29, 0.717) is 6.54 Å². The van der Waals surface area contributed by atoms with Gasteiger partial charge in [-0.15, -0.1) is 0 Å². The normalized spacial score (nSPS) is 22.1. The zero-order valence-electron chi connectivity index (χ0n) is 11.2. The number of hydrogen-bond donors (Lipinski definition) is 2. The minimum atomic E-state index is -0.382. The third-order valence-electron chi connectivity index (χ3n) is 3.64. The molecule has 1 aromatic rings. The molecule has 2 unspecified atom stereocenters. The highest BCUT2D eigenvalue weighted by atomic mass is 16.3. The van der Waals surface area contributed by atoms with Crippen molar-refractivity contribution in [1.29, 1.82) is 0 Å². The Balaban J connectivity index is 1.78. The van der Waals surface area contributed by atoms with Crippen molar-refractivity contribution in [2.24, 2.45) is 5.92 Å². The molecule has 0 spiro atoms. The summed E-state index contributed by atoms with van der Waals surface area (Å²) in [7, 11) is 2.10. The standard InChI is InChI=1S/C15H24N2O/c1-17(11-13-6-5-9-16-10-13)12-15(18)14-7-3-2-4-8-14/h2-4,7-8,13,15-16,18H,5-6,9-12H2,1H3. The fourth-order valence-electron chi connectivity index (χ4n) is 2.67. The maximum absolute atomic E-state index is 10.2. The number of likely N-dealkylation sites (N-methyl/N-ethyl adjacent to an activating group) is 1. The van der Waals surface area contributed by atoms with Crippen LogP contribution in [-0.2, 0) is 0 Å². The zero-order chi connectivity index (χ0) is 12.8. The molecule has 0 amide bonds. The molecule has 3 heteroatoms. The first kappa shape index (κ1) is 13.5. The van der Waals surface area contributed by atoms with E-state index >= 15 is 0 Å². The summed E-state index contributed by atoms with van der Waals surface area (Å²) in [5.74, 6) is 0.728. The van der Waals surface area contributed by atoms with Crippen molar-refractivity contribution in [2.45, 2.75) is 18.9 Å². The molecule has 0 aliphatic carbocycles. The Morgan fingerprint density at radius 1 is 1.39 bits per heavy atom. The number of rotatable bonds is 5. The van der Waals surface area contributed by atoms with Gasteiger partial charge >= 0.3 is 0 Å². The number of nitrogens with zero attached hydrogens (tertiary/aromatic N) is 1. The largest absolute Gasteiger partial charge is 0.387 e. The van der Waals surface area contributed by atoms with Gasteiger partial charge in [0.15, 0.2) is 0 Å². The van der Waals surface area contributed by atoms with Crippen LogP contribution in [-0.4, -0.2) is 43.2 Å². The highest BCUT2D eigenvalue weighted by molar-refractivity contribution is 5.17. The molecule has 0 saturated carbocycles. The molecule has 1 aromatic carbocycles. The molecule has 0 aromatic heterocycles. The first-order chi connectivity index (χ1) is 8.75. The summed E-state index contributed by atoms with van der Waals surface area (Å²) < 4.78 is 0. The van der Waals surface area contributed by atoms with Gasteiger partial charge in [0.05, 0.1) is 6.10 Å². The molecule has 2 rings (SSSR count). The van der Waals surface area contributed by atoms with E-state index in [1.165, 1.54) is 12.8 Å². The van der Waals surface area contributed by atoms with Gasteiger partial charge in [-0.25, -0.2) is 0 Å². The van der Waals surface area contributed by atoms with Crippen LogP contribution in [0.25, 0.3) is 0 Å². The van der Waals surface area contributed by atoms with E-state index < -0.39 is 0 Å². The van der Waals surface area contributed by atoms with Gasteiger partial charge < -0.3 is 15.3 Å². The number of nitrogens with one attached hydrogen (secondary N) is 1. The monoisotopic (exact) mass is 248 g/mol. The van der Waals surface area contributed by atoms with Gasteiger partial charge in [-0.05, 0) is 44.5 Å². The lowest BCUT2D eigenvalue weighted by Crippen LogP contribution is -2.38. The maximum atomic E-state index is 10.2. The van der Waals surface area contributed by atoms with E-state index in [0.717, 1.165) is 31.1 Å². The van der Waals surface area contributed by atoms with Gasteiger partial charge in [0.1, 0.15) is 0 Å². The van der Waals surface area contributed by atoms with Crippen molar-refractivity contribution >= 4 is 0 Å². The van der Waals surface area contributed by atoms with Gasteiger partial charge in [0.2, 0.25) is 0 Å². The Hall–Kier alpha value is -0.900. The van der Waals surface area contributed by atoms with Gasteiger partial charge in [-0.2, -0.15) is 0 Å². The summed E-state index contributed by atoms with van der Waals surface area (Å²) in [4.78, 5) is 2.25. The second kappa shape index (κ2) is 6.88. The minimum absolute atomic E-state index is 0.382. The van der Waals surface area contributed by atoms with Crippen LogP contribution in [0.4, 0.5) is 0 Å². The number of aliphatic hydroxyl groups is 1. The Bertz CT molecular complexity index is 336. The third kappa shape index (κ3) is 4.09. The van der Waals surface area contributed by atoms with Crippen molar-refractivity contribution in [1.82, 2.24) is 10.2 Å². The predicted molar refractivity (Wildman–Crippen MR) is 74.5 cm³/mol. The predicted octanol–water partition coefficient (Wildman–Crippen LogP) is 1.65. The SMILES string of the molecule is CN(CC1CCCNC1)CC(O)c1ccccc1. The molecular formula is C15H24N2O. The van der Waals surface area contributed by atoms with E-state index in [1.807, 2.05) is 30.3 Å². The lowest BCUT2D eigenvalue weighted by atomic mass is 9.99. The average molecular weight is 248 g/mol. The quantitative estimate of drug-likeness (QED) is 0.832. The molecule has 3 nitrogen and oxygen atoms in total. The van der Waals surface area contributed by atoms with Crippen LogP contribution in [0.3, 0.4) is 0 Å². The van der Waals surface area contributed by atoms with Gasteiger partial charge in [0.25, 0.3) is 0 Å². The lowest BCUT2D eigenvalue weighted by Gasteiger charge is -2.28. The van der Waals surface area contributed by atoms with Crippen LogP contribution in [0.15, 0.2) is 30.3 Å². The van der Waals surface area contributed by atoms with Crippen molar-refractivity contribution < 1.29 is 5.11 Å². The van der Waals surface area contributed by atoms with Crippen LogP contribution < -0.4 is 5.32 Å². The Morgan fingerprint density at radius 2 is 2.17 bits per heavy atom. The van der Waals surface area contributed by atoms with Crippen LogP contribution in [0, 0.1) is 5.92 Å². The molecule has 0 radical (unpaired) electrons. The molecule has 2 atom stereocenters. The van der Waals surface area contributed by atoms with Gasteiger partial charge in [-0.1, -0.05) is 30.3 Å². The molecule has 1 aliphatic rings. The number of hydrogen-bond acceptors (Lipinski definition) is 3. The van der Waals surface area contributed by atoms with Crippen molar-refractivity contribution in [3.8, 4) is 0 Å². The van der Waals surface area contributed by atoms with E-state index in [2.05, 4.69) is 17.3 Å². The van der Waals surface area contributed by atoms with E-state index in [9.17, 15) is 5.11 Å². The fraction of sp³-hybridized carbons (Fsp3) is 0.600. The molecule has 1 aliphatic heterocycles. The number of aliphatic hydroxyl groups excluding tert-OH is 1. The summed E-state index contributed by atoms with van der Waals surface area (Å²) in [5, 5.41) is 13.6. The molecule has 1 heterocycles. The summed E-state index contributed by atoms with van der Waals surface area (Å²) in [6, 6.07) is 9.90. The third-order valence-corrected chi connectivity index (χ3v) is 3.64. The smallest absolute Gasteiger partial charge is 0.0916 e. The Kier molecular flexibility index (Phi) is 5.17. The molecule has 0 bridgehead atoms. The van der Waals surface area contributed by atoms with E-state index in [4.69, 9.17) is 0 Å². The first-order valence-electron chi connectivity index (χ1n) is 6.88. The second-order valence-electron chi connectivity index (χ2n) is 5.36. The second-order valence-corrected chi connectivity index (χ2v) is 5.36. The highest BCUT2D eigenvalue weighted by Gasteiger charge is 2.17. The van der Waals surface area contributed by atoms with Crippen molar-refractivity contribution in [2.75, 3.05) is 33.2 Å². The Morgan fingerprint density at radius 3 is 2.83 bits per heavy atom. The maximum Gasteiger partial charge on any atom is 0.0916 e. The topological polar surface area (TPSA) is 35.5 Å². The fourth-order valence-corrected chi connectivity index (χ4v) is 2.67. The zero-order valence-corrected chi connectivity index (χ0v) is 11.2. The highest BCUT2D eigenvalue weighted by Crippen LogP contribution is 2.15. The first-order valence-corrected chi connectivity index (χ1v) is 6.88. The molecule has 100 valence electrons. The summed E-state index contributed by atoms with van der Waals surface area (Å²) >= 11 is 0. The van der Waals surface area contributed by atoms with Gasteiger partial charge in [-0.3, -0.25) is 0 Å². The number of benzene rings is 1.